The number of benzene rings is 3. The molecule has 2 heterocycles. The van der Waals surface area contributed by atoms with E-state index in [4.69, 9.17) is 16.6 Å². The summed E-state index contributed by atoms with van der Waals surface area (Å²) in [6, 6.07) is 16.3. The van der Waals surface area contributed by atoms with E-state index in [-0.39, 0.29) is 17.5 Å². The molecule has 3 aromatic carbocycles. The van der Waals surface area contributed by atoms with Crippen LogP contribution in [0.5, 0.6) is 0 Å². The standard InChI is InChI=1S/C23H18ClN3O2/c1-2-5-19-21-25-18-9-8-15(24)12-16(18)23(29)27(21)20-11-14-7-4-3-6-13(14)10-17(20)22(28)26-19/h3-4,6-12,19H,2,5H2,1H3,(H,26,28). The number of nitrogens with zero attached hydrogens (tertiary/aromatic N) is 2. The molecule has 1 atom stereocenters. The topological polar surface area (TPSA) is 64.0 Å². The fraction of sp³-hybridized carbons (Fsp3) is 0.174. The molecule has 144 valence electrons. The molecule has 0 saturated heterocycles. The van der Waals surface area contributed by atoms with E-state index < -0.39 is 0 Å². The molecule has 5 nitrogen and oxygen atoms in total. The summed E-state index contributed by atoms with van der Waals surface area (Å²) in [5, 5.41) is 5.89. The molecule has 5 rings (SSSR count). The highest BCUT2D eigenvalue weighted by Gasteiger charge is 2.29. The Bertz CT molecular complexity index is 1360. The van der Waals surface area contributed by atoms with Crippen molar-refractivity contribution in [3.05, 3.63) is 81.4 Å². The second-order valence-electron chi connectivity index (χ2n) is 7.30. The van der Waals surface area contributed by atoms with Crippen molar-refractivity contribution in [2.24, 2.45) is 0 Å². The van der Waals surface area contributed by atoms with Crippen molar-refractivity contribution in [3.8, 4) is 5.69 Å². The average Bonchev–Trinajstić information content (AvgIpc) is 2.83. The zero-order valence-electron chi connectivity index (χ0n) is 15.8. The first kappa shape index (κ1) is 17.9. The van der Waals surface area contributed by atoms with E-state index in [0.29, 0.717) is 39.4 Å². The Balaban J connectivity index is 1.93. The molecule has 0 spiro atoms. The van der Waals surface area contributed by atoms with Crippen molar-refractivity contribution in [1.29, 1.82) is 0 Å². The number of halogens is 1. The van der Waals surface area contributed by atoms with Gasteiger partial charge in [0, 0.05) is 5.02 Å². The highest BCUT2D eigenvalue weighted by atomic mass is 35.5. The van der Waals surface area contributed by atoms with Crippen LogP contribution in [0.25, 0.3) is 27.4 Å². The number of aromatic nitrogens is 2. The molecule has 0 aliphatic carbocycles. The van der Waals surface area contributed by atoms with E-state index in [0.717, 1.165) is 17.2 Å². The number of fused-ring (bicyclic) bond motifs is 5. The molecule has 0 radical (unpaired) electrons. The first-order valence-electron chi connectivity index (χ1n) is 9.63. The van der Waals surface area contributed by atoms with Gasteiger partial charge < -0.3 is 5.32 Å². The molecule has 6 heteroatoms. The second kappa shape index (κ2) is 6.71. The number of carbonyl (C=O) groups excluding carboxylic acids is 1. The molecule has 1 aliphatic rings. The summed E-state index contributed by atoms with van der Waals surface area (Å²) in [6.07, 6.45) is 1.53. The Morgan fingerprint density at radius 3 is 2.59 bits per heavy atom. The van der Waals surface area contributed by atoms with Crippen LogP contribution in [0.4, 0.5) is 0 Å². The van der Waals surface area contributed by atoms with E-state index in [9.17, 15) is 9.59 Å². The van der Waals surface area contributed by atoms with Crippen LogP contribution in [0, 0.1) is 0 Å². The van der Waals surface area contributed by atoms with Gasteiger partial charge in [-0.3, -0.25) is 14.2 Å². The van der Waals surface area contributed by atoms with Gasteiger partial charge in [-0.05, 0) is 47.5 Å². The minimum atomic E-state index is -0.351. The van der Waals surface area contributed by atoms with Crippen LogP contribution < -0.4 is 10.9 Å². The lowest BCUT2D eigenvalue weighted by atomic mass is 10.0. The highest BCUT2D eigenvalue weighted by Crippen LogP contribution is 2.30. The molecule has 29 heavy (non-hydrogen) atoms. The lowest BCUT2D eigenvalue weighted by Crippen LogP contribution is -2.30. The summed E-state index contributed by atoms with van der Waals surface area (Å²) in [4.78, 5) is 31.4. The average molecular weight is 404 g/mol. The third kappa shape index (κ3) is 2.81. The van der Waals surface area contributed by atoms with Crippen molar-refractivity contribution in [3.63, 3.8) is 0 Å². The van der Waals surface area contributed by atoms with E-state index >= 15 is 0 Å². The van der Waals surface area contributed by atoms with Gasteiger partial charge in [-0.15, -0.1) is 0 Å². The van der Waals surface area contributed by atoms with Gasteiger partial charge in [-0.2, -0.15) is 0 Å². The Morgan fingerprint density at radius 1 is 1.07 bits per heavy atom. The molecular weight excluding hydrogens is 386 g/mol. The predicted octanol–water partition coefficient (Wildman–Crippen LogP) is 4.78. The largest absolute Gasteiger partial charge is 0.342 e. The maximum Gasteiger partial charge on any atom is 0.266 e. The van der Waals surface area contributed by atoms with Gasteiger partial charge in [0.2, 0.25) is 0 Å². The summed E-state index contributed by atoms with van der Waals surface area (Å²) >= 11 is 6.14. The third-order valence-electron chi connectivity index (χ3n) is 5.40. The van der Waals surface area contributed by atoms with E-state index in [1.807, 2.05) is 43.3 Å². The minimum Gasteiger partial charge on any atom is -0.342 e. The SMILES string of the molecule is CCCC1NC(=O)c2cc3ccccc3cc2-n2c1nc1ccc(Cl)cc1c2=O. The van der Waals surface area contributed by atoms with Crippen molar-refractivity contribution < 1.29 is 4.79 Å². The number of hydrogen-bond donors (Lipinski definition) is 1. The molecular formula is C23H18ClN3O2. The summed E-state index contributed by atoms with van der Waals surface area (Å²) in [6.45, 7) is 2.04. The van der Waals surface area contributed by atoms with Crippen LogP contribution >= 0.6 is 11.6 Å². The summed E-state index contributed by atoms with van der Waals surface area (Å²) < 4.78 is 1.58. The zero-order valence-corrected chi connectivity index (χ0v) is 16.5. The number of rotatable bonds is 2. The third-order valence-corrected chi connectivity index (χ3v) is 5.64. The summed E-state index contributed by atoms with van der Waals surface area (Å²) in [7, 11) is 0. The van der Waals surface area contributed by atoms with E-state index in [1.54, 1.807) is 22.8 Å². The fourth-order valence-corrected chi connectivity index (χ4v) is 4.20. The Kier molecular flexibility index (Phi) is 4.14. The first-order chi connectivity index (χ1) is 14.1. The molecule has 1 amide bonds. The molecule has 1 unspecified atom stereocenters. The van der Waals surface area contributed by atoms with Crippen LogP contribution in [-0.2, 0) is 0 Å². The maximum absolute atomic E-state index is 13.6. The molecule has 1 aliphatic heterocycles. The van der Waals surface area contributed by atoms with Gasteiger partial charge in [0.05, 0.1) is 28.2 Å². The van der Waals surface area contributed by atoms with Crippen molar-refractivity contribution in [2.75, 3.05) is 0 Å². The van der Waals surface area contributed by atoms with Crippen LogP contribution in [0.2, 0.25) is 5.02 Å². The number of nitrogens with one attached hydrogen (secondary N) is 1. The van der Waals surface area contributed by atoms with Gasteiger partial charge in [0.1, 0.15) is 5.82 Å². The van der Waals surface area contributed by atoms with Crippen molar-refractivity contribution >= 4 is 39.2 Å². The van der Waals surface area contributed by atoms with Crippen LogP contribution in [-0.4, -0.2) is 15.5 Å². The lowest BCUT2D eigenvalue weighted by Gasteiger charge is -2.18. The first-order valence-corrected chi connectivity index (χ1v) is 10.0. The van der Waals surface area contributed by atoms with Gasteiger partial charge in [0.15, 0.2) is 0 Å². The van der Waals surface area contributed by atoms with Crippen molar-refractivity contribution in [1.82, 2.24) is 14.9 Å². The number of carbonyl (C=O) groups is 1. The van der Waals surface area contributed by atoms with Gasteiger partial charge in [0.25, 0.3) is 11.5 Å². The van der Waals surface area contributed by atoms with Crippen molar-refractivity contribution in [2.45, 2.75) is 25.8 Å². The monoisotopic (exact) mass is 403 g/mol. The lowest BCUT2D eigenvalue weighted by molar-refractivity contribution is 0.0936. The van der Waals surface area contributed by atoms with E-state index in [2.05, 4.69) is 5.32 Å². The van der Waals surface area contributed by atoms with Gasteiger partial charge in [-0.25, -0.2) is 4.98 Å². The Morgan fingerprint density at radius 2 is 1.83 bits per heavy atom. The summed E-state index contributed by atoms with van der Waals surface area (Å²) in [5.74, 6) is 0.352. The maximum atomic E-state index is 13.6. The normalized spacial score (nSPS) is 15.7. The molecule has 1 N–H and O–H groups in total. The smallest absolute Gasteiger partial charge is 0.266 e. The second-order valence-corrected chi connectivity index (χ2v) is 7.74. The predicted molar refractivity (Wildman–Crippen MR) is 115 cm³/mol. The molecule has 0 bridgehead atoms. The summed E-state index contributed by atoms with van der Waals surface area (Å²) in [5.41, 5.74) is 1.37. The van der Waals surface area contributed by atoms with Crippen LogP contribution in [0.15, 0.2) is 59.4 Å². The minimum absolute atomic E-state index is 0.198. The van der Waals surface area contributed by atoms with Gasteiger partial charge >= 0.3 is 0 Å². The molecule has 1 aromatic heterocycles. The Labute approximate surface area is 171 Å². The molecule has 0 fully saturated rings. The zero-order chi connectivity index (χ0) is 20.1. The molecule has 4 aromatic rings. The van der Waals surface area contributed by atoms with Gasteiger partial charge in [-0.1, -0.05) is 49.2 Å². The van der Waals surface area contributed by atoms with Crippen LogP contribution in [0.1, 0.15) is 42.0 Å². The number of amides is 1. The molecule has 0 saturated carbocycles. The highest BCUT2D eigenvalue weighted by molar-refractivity contribution is 6.31. The number of hydrogen-bond acceptors (Lipinski definition) is 3. The van der Waals surface area contributed by atoms with E-state index in [1.165, 1.54) is 0 Å². The Hall–Kier alpha value is -3.18. The quantitative estimate of drug-likeness (QED) is 0.524. The van der Waals surface area contributed by atoms with Crippen LogP contribution in [0.3, 0.4) is 0 Å². The fourth-order valence-electron chi connectivity index (χ4n) is 4.03.